The summed E-state index contributed by atoms with van der Waals surface area (Å²) in [5.41, 5.74) is 0.755. The Bertz CT molecular complexity index is 612. The highest BCUT2D eigenvalue weighted by Crippen LogP contribution is 2.26. The van der Waals surface area contributed by atoms with E-state index in [2.05, 4.69) is 11.8 Å². The van der Waals surface area contributed by atoms with E-state index in [-0.39, 0.29) is 5.75 Å². The number of aromatic hydroxyl groups is 1. The van der Waals surface area contributed by atoms with Gasteiger partial charge in [-0.15, -0.1) is 0 Å². The Morgan fingerprint density at radius 2 is 1.73 bits per heavy atom. The van der Waals surface area contributed by atoms with E-state index in [0.717, 1.165) is 16.3 Å². The fourth-order valence-corrected chi connectivity index (χ4v) is 1.49. The molecule has 0 spiro atoms. The number of benzene rings is 2. The number of hydrogen-bond acceptors (Lipinski definition) is 2. The number of hydrogen-bond donors (Lipinski definition) is 1. The van der Waals surface area contributed by atoms with Crippen LogP contribution in [0.3, 0.4) is 0 Å². The van der Waals surface area contributed by atoms with Gasteiger partial charge in [-0.05, 0) is 12.1 Å². The second-order valence-corrected chi connectivity index (χ2v) is 3.04. The van der Waals surface area contributed by atoms with Crippen molar-refractivity contribution < 1.29 is 5.11 Å². The molecule has 0 heterocycles. The fourth-order valence-electron chi connectivity index (χ4n) is 1.49. The second kappa shape index (κ2) is 3.74. The average Bonchev–Trinajstić information content (AvgIpc) is 2.29. The van der Waals surface area contributed by atoms with E-state index >= 15 is 0 Å². The predicted molar refractivity (Wildman–Crippen MR) is 58.1 cm³/mol. The summed E-state index contributed by atoms with van der Waals surface area (Å²) in [5.74, 6) is 5.32. The molecule has 0 amide bonds. The third-order valence-corrected chi connectivity index (χ3v) is 2.15. The van der Waals surface area contributed by atoms with Crippen LogP contribution in [-0.4, -0.2) is 5.11 Å². The van der Waals surface area contributed by atoms with E-state index < -0.39 is 0 Å². The molecular formula is C13H7NO. The van der Waals surface area contributed by atoms with E-state index in [9.17, 15) is 5.11 Å². The zero-order valence-corrected chi connectivity index (χ0v) is 7.86. The van der Waals surface area contributed by atoms with Crippen LogP contribution in [0.2, 0.25) is 0 Å². The van der Waals surface area contributed by atoms with Crippen molar-refractivity contribution >= 4 is 10.8 Å². The Kier molecular flexibility index (Phi) is 2.27. The molecule has 2 nitrogen and oxygen atoms in total. The van der Waals surface area contributed by atoms with E-state index in [0.29, 0.717) is 0 Å². The maximum absolute atomic E-state index is 9.61. The Labute approximate surface area is 87.4 Å². The van der Waals surface area contributed by atoms with Crippen LogP contribution in [0, 0.1) is 23.2 Å². The highest BCUT2D eigenvalue weighted by Gasteiger charge is 2.01. The highest BCUT2D eigenvalue weighted by atomic mass is 16.3. The summed E-state index contributed by atoms with van der Waals surface area (Å²) in [4.78, 5) is 0. The molecule has 0 fully saturated rings. The summed E-state index contributed by atoms with van der Waals surface area (Å²) in [5, 5.41) is 19.6. The molecule has 0 aliphatic heterocycles. The van der Waals surface area contributed by atoms with E-state index in [4.69, 9.17) is 5.26 Å². The van der Waals surface area contributed by atoms with Gasteiger partial charge in [0.15, 0.2) is 6.07 Å². The minimum Gasteiger partial charge on any atom is -0.507 e. The Balaban J connectivity index is 2.79. The van der Waals surface area contributed by atoms with Gasteiger partial charge in [-0.25, -0.2) is 0 Å². The molecule has 2 aromatic carbocycles. The van der Waals surface area contributed by atoms with Crippen LogP contribution in [0.25, 0.3) is 10.8 Å². The van der Waals surface area contributed by atoms with E-state index in [1.807, 2.05) is 24.3 Å². The summed E-state index contributed by atoms with van der Waals surface area (Å²) in [6.07, 6.45) is 0. The fraction of sp³-hybridized carbons (Fsp3) is 0. The Morgan fingerprint density at radius 3 is 2.47 bits per heavy atom. The van der Waals surface area contributed by atoms with Crippen LogP contribution in [0.5, 0.6) is 5.75 Å². The first-order valence-electron chi connectivity index (χ1n) is 4.44. The van der Waals surface area contributed by atoms with Crippen molar-refractivity contribution in [1.29, 1.82) is 5.26 Å². The molecule has 0 saturated heterocycles. The molecule has 0 saturated carbocycles. The summed E-state index contributed by atoms with van der Waals surface area (Å²) in [6.45, 7) is 0. The minimum absolute atomic E-state index is 0.230. The predicted octanol–water partition coefficient (Wildman–Crippen LogP) is 2.42. The van der Waals surface area contributed by atoms with E-state index in [1.54, 1.807) is 18.2 Å². The van der Waals surface area contributed by atoms with Gasteiger partial charge in [0.25, 0.3) is 0 Å². The third-order valence-electron chi connectivity index (χ3n) is 2.15. The summed E-state index contributed by atoms with van der Waals surface area (Å²) < 4.78 is 0. The number of fused-ring (bicyclic) bond motifs is 1. The molecule has 0 aliphatic rings. The number of phenolic OH excluding ortho intramolecular Hbond substituents is 1. The van der Waals surface area contributed by atoms with Gasteiger partial charge in [0.1, 0.15) is 5.75 Å². The largest absolute Gasteiger partial charge is 0.507 e. The molecule has 0 atom stereocenters. The summed E-state index contributed by atoms with van der Waals surface area (Å²) in [7, 11) is 0. The van der Waals surface area contributed by atoms with Gasteiger partial charge in [0, 0.05) is 22.3 Å². The quantitative estimate of drug-likeness (QED) is 0.653. The summed E-state index contributed by atoms with van der Waals surface area (Å²) >= 11 is 0. The Morgan fingerprint density at radius 1 is 1.00 bits per heavy atom. The molecule has 15 heavy (non-hydrogen) atoms. The lowest BCUT2D eigenvalue weighted by molar-refractivity contribution is 0.481. The normalized spacial score (nSPS) is 9.00. The molecule has 2 aromatic rings. The first kappa shape index (κ1) is 9.12. The summed E-state index contributed by atoms with van der Waals surface area (Å²) in [6, 6.07) is 12.5. The van der Waals surface area contributed by atoms with Gasteiger partial charge in [-0.1, -0.05) is 30.2 Å². The molecule has 0 bridgehead atoms. The van der Waals surface area contributed by atoms with Crippen LogP contribution in [-0.2, 0) is 0 Å². The van der Waals surface area contributed by atoms with Crippen molar-refractivity contribution in [3.63, 3.8) is 0 Å². The van der Waals surface area contributed by atoms with Gasteiger partial charge < -0.3 is 5.11 Å². The second-order valence-electron chi connectivity index (χ2n) is 3.04. The van der Waals surface area contributed by atoms with Crippen molar-refractivity contribution in [3.8, 4) is 23.7 Å². The molecular weight excluding hydrogens is 186 g/mol. The maximum Gasteiger partial charge on any atom is 0.152 e. The van der Waals surface area contributed by atoms with Crippen molar-refractivity contribution in [2.75, 3.05) is 0 Å². The van der Waals surface area contributed by atoms with Gasteiger partial charge >= 0.3 is 0 Å². The molecule has 1 N–H and O–H groups in total. The molecule has 0 radical (unpaired) electrons. The SMILES string of the molecule is N#CC#Cc1ccc(O)c2ccccc12. The van der Waals surface area contributed by atoms with E-state index in [1.165, 1.54) is 0 Å². The highest BCUT2D eigenvalue weighted by molar-refractivity contribution is 5.92. The zero-order valence-electron chi connectivity index (χ0n) is 7.86. The lowest BCUT2D eigenvalue weighted by atomic mass is 10.0. The number of nitriles is 1. The maximum atomic E-state index is 9.61. The van der Waals surface area contributed by atoms with Crippen molar-refractivity contribution in [1.82, 2.24) is 0 Å². The van der Waals surface area contributed by atoms with Gasteiger partial charge in [-0.3, -0.25) is 0 Å². The molecule has 0 aliphatic carbocycles. The van der Waals surface area contributed by atoms with Crippen LogP contribution in [0.1, 0.15) is 5.56 Å². The van der Waals surface area contributed by atoms with Crippen LogP contribution in [0.4, 0.5) is 0 Å². The van der Waals surface area contributed by atoms with Gasteiger partial charge in [-0.2, -0.15) is 5.26 Å². The van der Waals surface area contributed by atoms with Crippen molar-refractivity contribution in [3.05, 3.63) is 42.0 Å². The number of rotatable bonds is 0. The van der Waals surface area contributed by atoms with Gasteiger partial charge in [0.05, 0.1) is 0 Å². The first-order chi connectivity index (χ1) is 7.33. The minimum atomic E-state index is 0.230. The standard InChI is InChI=1S/C13H7NO/c14-9-3-4-10-7-8-13(15)12-6-2-1-5-11(10)12/h1-2,5-8,15H. The van der Waals surface area contributed by atoms with Crippen LogP contribution >= 0.6 is 0 Å². The van der Waals surface area contributed by atoms with Crippen LogP contribution in [0.15, 0.2) is 36.4 Å². The average molecular weight is 193 g/mol. The van der Waals surface area contributed by atoms with Crippen molar-refractivity contribution in [2.45, 2.75) is 0 Å². The molecule has 2 rings (SSSR count). The number of phenols is 1. The lowest BCUT2D eigenvalue weighted by Crippen LogP contribution is -1.79. The molecule has 0 aromatic heterocycles. The lowest BCUT2D eigenvalue weighted by Gasteiger charge is -2.02. The number of nitrogens with zero attached hydrogens (tertiary/aromatic N) is 1. The third kappa shape index (κ3) is 1.61. The monoisotopic (exact) mass is 193 g/mol. The zero-order chi connectivity index (χ0) is 10.7. The topological polar surface area (TPSA) is 44.0 Å². The van der Waals surface area contributed by atoms with Crippen molar-refractivity contribution in [2.24, 2.45) is 0 Å². The smallest absolute Gasteiger partial charge is 0.152 e. The molecule has 0 unspecified atom stereocenters. The molecule has 70 valence electrons. The van der Waals surface area contributed by atoms with Crippen LogP contribution < -0.4 is 0 Å². The molecule has 2 heteroatoms. The Hall–Kier alpha value is -2.45. The first-order valence-corrected chi connectivity index (χ1v) is 4.44. The van der Waals surface area contributed by atoms with Gasteiger partial charge in [0.2, 0.25) is 0 Å².